The molecule has 26 heavy (non-hydrogen) atoms. The topological polar surface area (TPSA) is 137 Å². The first-order chi connectivity index (χ1) is 12.0. The molecular formula is C14H7F3N4O5. The fraction of sp³-hybridized carbons (Fsp3) is 0.0714. The highest BCUT2D eigenvalue weighted by Gasteiger charge is 2.35. The van der Waals surface area contributed by atoms with E-state index in [-0.39, 0.29) is 5.56 Å². The Labute approximate surface area is 141 Å². The number of carbonyl (C=O) groups is 2. The zero-order valence-electron chi connectivity index (χ0n) is 12.5. The van der Waals surface area contributed by atoms with Crippen molar-refractivity contribution < 1.29 is 27.7 Å². The van der Waals surface area contributed by atoms with Crippen LogP contribution in [-0.4, -0.2) is 21.3 Å². The van der Waals surface area contributed by atoms with Crippen LogP contribution in [0.1, 0.15) is 26.3 Å². The number of nitrogens with one attached hydrogen (secondary N) is 1. The van der Waals surface area contributed by atoms with E-state index < -0.39 is 56.8 Å². The summed E-state index contributed by atoms with van der Waals surface area (Å²) in [6, 6.07) is 2.10. The van der Waals surface area contributed by atoms with Crippen LogP contribution in [0, 0.1) is 10.1 Å². The van der Waals surface area contributed by atoms with Gasteiger partial charge in [-0.25, -0.2) is 0 Å². The summed E-state index contributed by atoms with van der Waals surface area (Å²) in [4.78, 5) is 45.8. The van der Waals surface area contributed by atoms with Crippen molar-refractivity contribution in [3.63, 3.8) is 0 Å². The van der Waals surface area contributed by atoms with Gasteiger partial charge in [0.15, 0.2) is 0 Å². The number of nitro groups is 1. The van der Waals surface area contributed by atoms with Gasteiger partial charge in [0.25, 0.3) is 23.1 Å². The average molecular weight is 368 g/mol. The Morgan fingerprint density at radius 2 is 1.77 bits per heavy atom. The second kappa shape index (κ2) is 5.40. The number of nitrogens with zero attached hydrogens (tertiary/aromatic N) is 2. The first-order valence-corrected chi connectivity index (χ1v) is 6.79. The number of alkyl halides is 3. The summed E-state index contributed by atoms with van der Waals surface area (Å²) in [6.07, 6.45) is -4.84. The molecule has 0 saturated carbocycles. The fourth-order valence-corrected chi connectivity index (χ4v) is 2.56. The molecule has 0 unspecified atom stereocenters. The lowest BCUT2D eigenvalue weighted by Gasteiger charge is -2.14. The molecule has 1 aromatic heterocycles. The number of carbonyl (C=O) groups excluding carboxylic acids is 2. The summed E-state index contributed by atoms with van der Waals surface area (Å²) in [5, 5.41) is 13.0. The van der Waals surface area contributed by atoms with Crippen LogP contribution in [0.5, 0.6) is 0 Å². The lowest BCUT2D eigenvalue weighted by Crippen LogP contribution is -2.25. The van der Waals surface area contributed by atoms with Crippen LogP contribution < -0.4 is 16.6 Å². The van der Waals surface area contributed by atoms with Crippen LogP contribution in [0.15, 0.2) is 29.1 Å². The fourth-order valence-electron chi connectivity index (χ4n) is 2.56. The SMILES string of the molecule is Nc1c2c(cc(=O)n1-c1cc(C(F)(F)F)ccc1[N+](=O)[O-])C(=O)NC2=O. The summed E-state index contributed by atoms with van der Waals surface area (Å²) >= 11 is 0. The van der Waals surface area contributed by atoms with Gasteiger partial charge in [0.1, 0.15) is 11.5 Å². The van der Waals surface area contributed by atoms with Gasteiger partial charge in [-0.3, -0.25) is 34.4 Å². The van der Waals surface area contributed by atoms with Crippen molar-refractivity contribution in [2.45, 2.75) is 6.18 Å². The Hall–Kier alpha value is -3.70. The minimum absolute atomic E-state index is 0.358. The van der Waals surface area contributed by atoms with Crippen LogP contribution in [0.2, 0.25) is 0 Å². The maximum atomic E-state index is 13.0. The number of nitrogen functional groups attached to an aromatic ring is 1. The van der Waals surface area contributed by atoms with Crippen molar-refractivity contribution in [2.24, 2.45) is 0 Å². The van der Waals surface area contributed by atoms with E-state index in [1.807, 2.05) is 5.32 Å². The number of halogens is 3. The summed E-state index contributed by atoms with van der Waals surface area (Å²) in [5.74, 6) is -2.55. The molecule has 2 aromatic rings. The third-order valence-corrected chi connectivity index (χ3v) is 3.69. The number of fused-ring (bicyclic) bond motifs is 1. The van der Waals surface area contributed by atoms with Crippen LogP contribution in [0.4, 0.5) is 24.7 Å². The molecule has 3 N–H and O–H groups in total. The van der Waals surface area contributed by atoms with E-state index in [9.17, 15) is 37.7 Å². The van der Waals surface area contributed by atoms with Crippen molar-refractivity contribution in [3.05, 3.63) is 61.4 Å². The zero-order valence-corrected chi connectivity index (χ0v) is 12.5. The lowest BCUT2D eigenvalue weighted by molar-refractivity contribution is -0.384. The molecule has 0 radical (unpaired) electrons. The molecule has 1 aliphatic heterocycles. The maximum absolute atomic E-state index is 13.0. The number of hydrogen-bond acceptors (Lipinski definition) is 6. The van der Waals surface area contributed by atoms with Crippen molar-refractivity contribution in [3.8, 4) is 5.69 Å². The summed E-state index contributed by atoms with van der Waals surface area (Å²) in [7, 11) is 0. The molecule has 2 heterocycles. The number of benzene rings is 1. The average Bonchev–Trinajstić information content (AvgIpc) is 2.80. The zero-order chi connectivity index (χ0) is 19.4. The molecule has 9 nitrogen and oxygen atoms in total. The van der Waals surface area contributed by atoms with Gasteiger partial charge in [-0.05, 0) is 12.1 Å². The number of imide groups is 1. The molecule has 0 atom stereocenters. The van der Waals surface area contributed by atoms with Gasteiger partial charge in [0.05, 0.1) is 21.6 Å². The largest absolute Gasteiger partial charge is 0.416 e. The first kappa shape index (κ1) is 17.1. The standard InChI is InChI=1S/C14H7F3N4O5/c15-14(16,17)5-1-2-7(21(25)26)8(3-5)20-9(22)4-6-10(11(20)18)13(24)19-12(6)23/h1-4H,18H2,(H,19,23,24). The minimum Gasteiger partial charge on any atom is -0.384 e. The van der Waals surface area contributed by atoms with Gasteiger partial charge in [0, 0.05) is 12.1 Å². The monoisotopic (exact) mass is 368 g/mol. The second-order valence-corrected chi connectivity index (χ2v) is 5.23. The number of amides is 2. The van der Waals surface area contributed by atoms with Gasteiger partial charge in [-0.2, -0.15) is 13.2 Å². The predicted molar refractivity (Wildman–Crippen MR) is 79.9 cm³/mol. The van der Waals surface area contributed by atoms with Gasteiger partial charge in [-0.1, -0.05) is 0 Å². The summed E-state index contributed by atoms with van der Waals surface area (Å²) in [5.41, 5.74) is 0.919. The molecule has 1 aliphatic rings. The van der Waals surface area contributed by atoms with Gasteiger partial charge >= 0.3 is 6.18 Å². The molecule has 2 amide bonds. The molecule has 0 spiro atoms. The van der Waals surface area contributed by atoms with E-state index in [0.29, 0.717) is 28.8 Å². The Bertz CT molecular complexity index is 1060. The van der Waals surface area contributed by atoms with E-state index in [0.717, 1.165) is 0 Å². The Kier molecular flexibility index (Phi) is 3.56. The predicted octanol–water partition coefficient (Wildman–Crippen LogP) is 1.23. The normalized spacial score (nSPS) is 13.5. The number of aromatic nitrogens is 1. The van der Waals surface area contributed by atoms with Crippen LogP contribution in [0.3, 0.4) is 0 Å². The van der Waals surface area contributed by atoms with E-state index in [1.165, 1.54) is 0 Å². The highest BCUT2D eigenvalue weighted by Crippen LogP contribution is 2.35. The third-order valence-electron chi connectivity index (χ3n) is 3.69. The number of rotatable bonds is 2. The molecule has 1 aromatic carbocycles. The molecule has 134 valence electrons. The number of nitro benzene ring substituents is 1. The smallest absolute Gasteiger partial charge is 0.384 e. The number of hydrogen-bond donors (Lipinski definition) is 2. The van der Waals surface area contributed by atoms with Crippen LogP contribution in [0.25, 0.3) is 5.69 Å². The lowest BCUT2D eigenvalue weighted by atomic mass is 10.1. The van der Waals surface area contributed by atoms with Crippen molar-refractivity contribution in [2.75, 3.05) is 5.73 Å². The summed E-state index contributed by atoms with van der Waals surface area (Å²) < 4.78 is 39.3. The van der Waals surface area contributed by atoms with Gasteiger partial charge in [-0.15, -0.1) is 0 Å². The van der Waals surface area contributed by atoms with Crippen molar-refractivity contribution in [1.82, 2.24) is 9.88 Å². The van der Waals surface area contributed by atoms with Crippen LogP contribution in [-0.2, 0) is 6.18 Å². The Morgan fingerprint density at radius 1 is 1.12 bits per heavy atom. The third kappa shape index (κ3) is 2.47. The summed E-state index contributed by atoms with van der Waals surface area (Å²) in [6.45, 7) is 0. The quantitative estimate of drug-likeness (QED) is 0.465. The van der Waals surface area contributed by atoms with E-state index in [1.54, 1.807) is 0 Å². The maximum Gasteiger partial charge on any atom is 0.416 e. The number of pyridine rings is 1. The molecular weight excluding hydrogens is 361 g/mol. The van der Waals surface area contributed by atoms with Crippen LogP contribution >= 0.6 is 0 Å². The Morgan fingerprint density at radius 3 is 2.35 bits per heavy atom. The second-order valence-electron chi connectivity index (χ2n) is 5.23. The highest BCUT2D eigenvalue weighted by atomic mass is 19.4. The highest BCUT2D eigenvalue weighted by molar-refractivity contribution is 6.23. The molecule has 0 aliphatic carbocycles. The van der Waals surface area contributed by atoms with Crippen molar-refractivity contribution >= 4 is 23.3 Å². The minimum atomic E-state index is -4.84. The Balaban J connectivity index is 2.39. The van der Waals surface area contributed by atoms with E-state index in [4.69, 9.17) is 5.73 Å². The number of anilines is 1. The van der Waals surface area contributed by atoms with Gasteiger partial charge < -0.3 is 5.73 Å². The molecule has 0 bridgehead atoms. The number of nitrogens with two attached hydrogens (primary N) is 1. The molecule has 0 fully saturated rings. The van der Waals surface area contributed by atoms with Crippen molar-refractivity contribution in [1.29, 1.82) is 0 Å². The van der Waals surface area contributed by atoms with E-state index >= 15 is 0 Å². The molecule has 3 rings (SSSR count). The molecule has 12 heteroatoms. The van der Waals surface area contributed by atoms with E-state index in [2.05, 4.69) is 0 Å². The van der Waals surface area contributed by atoms with Gasteiger partial charge in [0.2, 0.25) is 0 Å². The molecule has 0 saturated heterocycles. The first-order valence-electron chi connectivity index (χ1n) is 6.79.